The fraction of sp³-hybridized carbons (Fsp3) is 0.385. The molecular weight excluding hydrogens is 278 g/mol. The van der Waals surface area contributed by atoms with Crippen molar-refractivity contribution in [2.24, 2.45) is 0 Å². The number of hydrogen-bond donors (Lipinski definition) is 0. The summed E-state index contributed by atoms with van der Waals surface area (Å²) in [6, 6.07) is 3.63. The number of alkyl halides is 3. The number of halogens is 3. The van der Waals surface area contributed by atoms with Gasteiger partial charge in [0.25, 0.3) is 6.43 Å². The lowest BCUT2D eigenvalue weighted by Crippen LogP contribution is -2.09. The van der Waals surface area contributed by atoms with Gasteiger partial charge in [0.1, 0.15) is 0 Å². The average molecular weight is 291 g/mol. The van der Waals surface area contributed by atoms with Gasteiger partial charge in [-0.3, -0.25) is 4.79 Å². The maximum atomic E-state index is 12.7. The number of esters is 1. The van der Waals surface area contributed by atoms with Gasteiger partial charge in [0.15, 0.2) is 5.78 Å². The predicted octanol–water partition coefficient (Wildman–Crippen LogP) is 3.15. The van der Waals surface area contributed by atoms with Gasteiger partial charge in [-0.05, 0) is 30.7 Å². The molecule has 0 radical (unpaired) electrons. The highest BCUT2D eigenvalue weighted by molar-refractivity contribution is 6.27. The zero-order valence-corrected chi connectivity index (χ0v) is 11.0. The summed E-state index contributed by atoms with van der Waals surface area (Å²) in [4.78, 5) is 22.8. The highest BCUT2D eigenvalue weighted by Gasteiger charge is 2.15. The molecule has 1 rings (SSSR count). The highest BCUT2D eigenvalue weighted by atomic mass is 35.5. The molecule has 0 aliphatic carbocycles. The average Bonchev–Trinajstić information content (AvgIpc) is 2.38. The minimum absolute atomic E-state index is 0.0111. The standard InChI is InChI=1S/C13H13ClF2O3/c1-2-19-13(18)10-4-8(5-11(17)7-14)3-9(6-10)12(15)16/h3-4,6,12H,2,5,7H2,1H3. The van der Waals surface area contributed by atoms with Crippen molar-refractivity contribution in [2.45, 2.75) is 19.8 Å². The third-order valence-electron chi connectivity index (χ3n) is 2.33. The number of benzene rings is 1. The molecule has 0 amide bonds. The van der Waals surface area contributed by atoms with Gasteiger partial charge in [-0.15, -0.1) is 11.6 Å². The Morgan fingerprint density at radius 2 is 2.00 bits per heavy atom. The van der Waals surface area contributed by atoms with E-state index in [4.69, 9.17) is 16.3 Å². The second-order valence-corrected chi connectivity index (χ2v) is 4.10. The molecule has 0 saturated heterocycles. The molecule has 0 heterocycles. The van der Waals surface area contributed by atoms with Crippen LogP contribution in [0.15, 0.2) is 18.2 Å². The van der Waals surface area contributed by atoms with Crippen LogP contribution < -0.4 is 0 Å². The number of ether oxygens (including phenoxy) is 1. The first kappa shape index (κ1) is 15.6. The summed E-state index contributed by atoms with van der Waals surface area (Å²) in [5, 5.41) is 0. The van der Waals surface area contributed by atoms with Gasteiger partial charge in [0, 0.05) is 12.0 Å². The molecule has 104 valence electrons. The first-order valence-corrected chi connectivity index (χ1v) is 6.18. The van der Waals surface area contributed by atoms with Gasteiger partial charge in [-0.2, -0.15) is 0 Å². The molecule has 0 fully saturated rings. The van der Waals surface area contributed by atoms with Gasteiger partial charge in [-0.25, -0.2) is 13.6 Å². The zero-order chi connectivity index (χ0) is 14.4. The Morgan fingerprint density at radius 3 is 2.53 bits per heavy atom. The maximum absolute atomic E-state index is 12.7. The Balaban J connectivity index is 3.10. The minimum atomic E-state index is -2.72. The number of Topliss-reactive ketones (excluding diaryl/α,β-unsaturated/α-hetero) is 1. The predicted molar refractivity (Wildman–Crippen MR) is 66.8 cm³/mol. The van der Waals surface area contributed by atoms with Crippen LogP contribution in [0.5, 0.6) is 0 Å². The largest absolute Gasteiger partial charge is 0.462 e. The second-order valence-electron chi connectivity index (χ2n) is 3.83. The van der Waals surface area contributed by atoms with Crippen molar-refractivity contribution in [3.05, 3.63) is 34.9 Å². The summed E-state index contributed by atoms with van der Waals surface area (Å²) in [6.45, 7) is 1.76. The third kappa shape index (κ3) is 4.59. The Hall–Kier alpha value is -1.49. The van der Waals surface area contributed by atoms with Gasteiger partial charge in [-0.1, -0.05) is 0 Å². The van der Waals surface area contributed by atoms with Crippen LogP contribution >= 0.6 is 11.6 Å². The molecular formula is C13H13ClF2O3. The van der Waals surface area contributed by atoms with Crippen molar-refractivity contribution < 1.29 is 23.1 Å². The summed E-state index contributed by atoms with van der Waals surface area (Å²) < 4.78 is 30.2. The molecule has 0 spiro atoms. The molecule has 1 aromatic rings. The maximum Gasteiger partial charge on any atom is 0.338 e. The molecule has 19 heavy (non-hydrogen) atoms. The van der Waals surface area contributed by atoms with Crippen LogP contribution in [0, 0.1) is 0 Å². The monoisotopic (exact) mass is 290 g/mol. The van der Waals surface area contributed by atoms with E-state index >= 15 is 0 Å². The quantitative estimate of drug-likeness (QED) is 0.597. The molecule has 0 saturated carbocycles. The lowest BCUT2D eigenvalue weighted by Gasteiger charge is -2.08. The number of carbonyl (C=O) groups excluding carboxylic acids is 2. The van der Waals surface area contributed by atoms with Gasteiger partial charge >= 0.3 is 5.97 Å². The Bertz CT molecular complexity index is 475. The van der Waals surface area contributed by atoms with Crippen LogP contribution in [0.25, 0.3) is 0 Å². The summed E-state index contributed by atoms with van der Waals surface area (Å²) in [6.07, 6.45) is -2.81. The fourth-order valence-electron chi connectivity index (χ4n) is 1.55. The molecule has 0 unspecified atom stereocenters. The first-order valence-electron chi connectivity index (χ1n) is 5.64. The van der Waals surface area contributed by atoms with E-state index in [0.717, 1.165) is 6.07 Å². The summed E-state index contributed by atoms with van der Waals surface area (Å²) >= 11 is 5.37. The lowest BCUT2D eigenvalue weighted by molar-refractivity contribution is -0.116. The van der Waals surface area contributed by atoms with Crippen molar-refractivity contribution >= 4 is 23.4 Å². The molecule has 6 heteroatoms. The third-order valence-corrected chi connectivity index (χ3v) is 2.63. The topological polar surface area (TPSA) is 43.4 Å². The lowest BCUT2D eigenvalue weighted by atomic mass is 10.0. The summed E-state index contributed by atoms with van der Waals surface area (Å²) in [5.74, 6) is -1.19. The van der Waals surface area contributed by atoms with Gasteiger partial charge < -0.3 is 4.74 Å². The molecule has 0 aliphatic rings. The summed E-state index contributed by atoms with van der Waals surface area (Å²) in [7, 11) is 0. The minimum Gasteiger partial charge on any atom is -0.462 e. The van der Waals surface area contributed by atoms with Crippen molar-refractivity contribution in [3.63, 3.8) is 0 Å². The molecule has 1 aromatic carbocycles. The van der Waals surface area contributed by atoms with E-state index in [-0.39, 0.29) is 35.8 Å². The van der Waals surface area contributed by atoms with E-state index in [9.17, 15) is 18.4 Å². The number of ketones is 1. The number of hydrogen-bond acceptors (Lipinski definition) is 3. The van der Waals surface area contributed by atoms with Crippen molar-refractivity contribution in [3.8, 4) is 0 Å². The first-order chi connectivity index (χ1) is 8.97. The zero-order valence-electron chi connectivity index (χ0n) is 10.3. The molecule has 3 nitrogen and oxygen atoms in total. The molecule has 0 bridgehead atoms. The van der Waals surface area contributed by atoms with Gasteiger partial charge in [0.05, 0.1) is 18.1 Å². The van der Waals surface area contributed by atoms with E-state index in [2.05, 4.69) is 0 Å². The molecule has 0 aromatic heterocycles. The Kier molecular flexibility index (Phi) is 5.89. The number of carbonyl (C=O) groups is 2. The Labute approximate surface area is 114 Å². The SMILES string of the molecule is CCOC(=O)c1cc(CC(=O)CCl)cc(C(F)F)c1. The van der Waals surface area contributed by atoms with Crippen LogP contribution in [-0.2, 0) is 16.0 Å². The van der Waals surface area contributed by atoms with Crippen molar-refractivity contribution in [1.29, 1.82) is 0 Å². The molecule has 0 N–H and O–H groups in total. The van der Waals surface area contributed by atoms with Crippen LogP contribution in [0.2, 0.25) is 0 Å². The van der Waals surface area contributed by atoms with Gasteiger partial charge in [0.2, 0.25) is 0 Å². The fourth-order valence-corrected chi connectivity index (χ4v) is 1.65. The van der Waals surface area contributed by atoms with Crippen LogP contribution in [0.1, 0.15) is 34.8 Å². The van der Waals surface area contributed by atoms with Crippen molar-refractivity contribution in [2.75, 3.05) is 12.5 Å². The van der Waals surface area contributed by atoms with E-state index in [0.29, 0.717) is 5.56 Å². The smallest absolute Gasteiger partial charge is 0.338 e. The van der Waals surface area contributed by atoms with E-state index < -0.39 is 12.4 Å². The van der Waals surface area contributed by atoms with Crippen LogP contribution in [-0.4, -0.2) is 24.2 Å². The van der Waals surface area contributed by atoms with Crippen LogP contribution in [0.4, 0.5) is 8.78 Å². The second kappa shape index (κ2) is 7.19. The van der Waals surface area contributed by atoms with Crippen molar-refractivity contribution in [1.82, 2.24) is 0 Å². The van der Waals surface area contributed by atoms with Crippen LogP contribution in [0.3, 0.4) is 0 Å². The Morgan fingerprint density at radius 1 is 1.32 bits per heavy atom. The highest BCUT2D eigenvalue weighted by Crippen LogP contribution is 2.22. The van der Waals surface area contributed by atoms with E-state index in [1.54, 1.807) is 6.92 Å². The number of rotatable bonds is 6. The molecule has 0 atom stereocenters. The van der Waals surface area contributed by atoms with E-state index in [1.165, 1.54) is 12.1 Å². The normalized spacial score (nSPS) is 10.6. The molecule has 0 aliphatic heterocycles. The summed E-state index contributed by atoms with van der Waals surface area (Å²) in [5.41, 5.74) is 0.0199. The van der Waals surface area contributed by atoms with E-state index in [1.807, 2.05) is 0 Å².